The van der Waals surface area contributed by atoms with Crippen LogP contribution in [0.25, 0.3) is 0 Å². The third-order valence-electron chi connectivity index (χ3n) is 3.16. The van der Waals surface area contributed by atoms with Gasteiger partial charge in [-0.15, -0.1) is 0 Å². The molecule has 0 unspecified atom stereocenters. The minimum absolute atomic E-state index is 0.135. The van der Waals surface area contributed by atoms with Gasteiger partial charge in [-0.25, -0.2) is 10.2 Å². The molecule has 0 spiro atoms. The van der Waals surface area contributed by atoms with Crippen molar-refractivity contribution in [3.8, 4) is 5.75 Å². The Hall–Kier alpha value is -2.37. The highest BCUT2D eigenvalue weighted by atomic mass is 16.5. The lowest BCUT2D eigenvalue weighted by Crippen LogP contribution is -2.25. The molecule has 0 aliphatic heterocycles. The van der Waals surface area contributed by atoms with Crippen molar-refractivity contribution in [3.63, 3.8) is 0 Å². The molecule has 24 heavy (non-hydrogen) atoms. The molecule has 1 aromatic carbocycles. The number of rotatable bonds is 10. The summed E-state index contributed by atoms with van der Waals surface area (Å²) in [5, 5.41) is 4.02. The number of nitrogens with zero attached hydrogens (tertiary/aromatic N) is 1. The van der Waals surface area contributed by atoms with E-state index in [-0.39, 0.29) is 18.5 Å². The molecule has 6 nitrogen and oxygen atoms in total. The quantitative estimate of drug-likeness (QED) is 0.404. The number of hydrazone groups is 1. The zero-order chi connectivity index (χ0) is 17.8. The lowest BCUT2D eigenvalue weighted by atomic mass is 10.2. The van der Waals surface area contributed by atoms with E-state index in [0.717, 1.165) is 31.4 Å². The van der Waals surface area contributed by atoms with Gasteiger partial charge in [-0.3, -0.25) is 4.79 Å². The summed E-state index contributed by atoms with van der Waals surface area (Å²) in [6.07, 6.45) is 3.79. The maximum absolute atomic E-state index is 11.7. The number of nitrogens with one attached hydrogen (secondary N) is 1. The van der Waals surface area contributed by atoms with Gasteiger partial charge in [-0.1, -0.05) is 20.3 Å². The van der Waals surface area contributed by atoms with Crippen LogP contribution >= 0.6 is 0 Å². The van der Waals surface area contributed by atoms with Crippen molar-refractivity contribution >= 4 is 17.6 Å². The van der Waals surface area contributed by atoms with Crippen molar-refractivity contribution in [2.75, 3.05) is 13.2 Å². The van der Waals surface area contributed by atoms with Gasteiger partial charge in [0.2, 0.25) is 0 Å². The van der Waals surface area contributed by atoms with Crippen LogP contribution in [0.15, 0.2) is 29.4 Å². The molecular formula is C18H26N2O4. The Labute approximate surface area is 143 Å². The first-order valence-corrected chi connectivity index (χ1v) is 8.28. The Balaban J connectivity index is 2.39. The second-order valence-electron chi connectivity index (χ2n) is 5.43. The lowest BCUT2D eigenvalue weighted by molar-refractivity contribution is -0.123. The van der Waals surface area contributed by atoms with Gasteiger partial charge in [-0.2, -0.15) is 5.10 Å². The predicted molar refractivity (Wildman–Crippen MR) is 93.3 cm³/mol. The summed E-state index contributed by atoms with van der Waals surface area (Å²) in [7, 11) is 0. The molecule has 6 heteroatoms. The summed E-state index contributed by atoms with van der Waals surface area (Å²) in [6.45, 7) is 6.19. The van der Waals surface area contributed by atoms with E-state index in [1.807, 2.05) is 13.8 Å². The van der Waals surface area contributed by atoms with Crippen molar-refractivity contribution < 1.29 is 19.1 Å². The molecule has 0 atom stereocenters. The molecule has 1 amide bonds. The fourth-order valence-electron chi connectivity index (χ4n) is 1.79. The Morgan fingerprint density at radius 2 is 1.83 bits per heavy atom. The highest BCUT2D eigenvalue weighted by molar-refractivity contribution is 5.89. The van der Waals surface area contributed by atoms with Crippen LogP contribution in [-0.2, 0) is 9.53 Å². The van der Waals surface area contributed by atoms with Crippen LogP contribution in [0, 0.1) is 0 Å². The predicted octanol–water partition coefficient (Wildman–Crippen LogP) is 3.31. The summed E-state index contributed by atoms with van der Waals surface area (Å²) in [4.78, 5) is 23.3. The van der Waals surface area contributed by atoms with Gasteiger partial charge in [0, 0.05) is 5.71 Å². The molecule has 1 rings (SSSR count). The van der Waals surface area contributed by atoms with Crippen molar-refractivity contribution in [1.82, 2.24) is 5.43 Å². The Morgan fingerprint density at radius 3 is 2.46 bits per heavy atom. The molecule has 0 aromatic heterocycles. The number of benzene rings is 1. The Morgan fingerprint density at radius 1 is 1.12 bits per heavy atom. The summed E-state index contributed by atoms with van der Waals surface area (Å²) >= 11 is 0. The van der Waals surface area contributed by atoms with Crippen LogP contribution in [0.2, 0.25) is 0 Å². The van der Waals surface area contributed by atoms with Crippen molar-refractivity contribution in [1.29, 1.82) is 0 Å². The van der Waals surface area contributed by atoms with Gasteiger partial charge in [0.1, 0.15) is 5.75 Å². The molecule has 0 aliphatic rings. The van der Waals surface area contributed by atoms with Crippen LogP contribution in [0.3, 0.4) is 0 Å². The van der Waals surface area contributed by atoms with E-state index < -0.39 is 0 Å². The first-order valence-electron chi connectivity index (χ1n) is 8.28. The molecule has 0 fully saturated rings. The molecule has 0 radical (unpaired) electrons. The van der Waals surface area contributed by atoms with E-state index in [9.17, 15) is 9.59 Å². The van der Waals surface area contributed by atoms with Crippen molar-refractivity contribution in [2.45, 2.75) is 46.5 Å². The van der Waals surface area contributed by atoms with Gasteiger partial charge in [0.05, 0.1) is 12.2 Å². The highest BCUT2D eigenvalue weighted by Crippen LogP contribution is 2.13. The van der Waals surface area contributed by atoms with Crippen molar-refractivity contribution in [3.05, 3.63) is 29.8 Å². The van der Waals surface area contributed by atoms with Crippen LogP contribution in [0.5, 0.6) is 5.75 Å². The van der Waals surface area contributed by atoms with Crippen LogP contribution < -0.4 is 10.2 Å². The monoisotopic (exact) mass is 334 g/mol. The van der Waals surface area contributed by atoms with Crippen LogP contribution in [-0.4, -0.2) is 30.8 Å². The first-order chi connectivity index (χ1) is 11.6. The second-order valence-corrected chi connectivity index (χ2v) is 5.43. The van der Waals surface area contributed by atoms with Gasteiger partial charge < -0.3 is 9.47 Å². The SMILES string of the molecule is CCCCC(C)=NNC(=O)COc1ccc(C(=O)OCCC)cc1. The standard InChI is InChI=1S/C18H26N2O4/c1-4-6-7-14(3)19-20-17(21)13-24-16-10-8-15(9-11-16)18(22)23-12-5-2/h8-11H,4-7,12-13H2,1-3H3,(H,20,21). The minimum atomic E-state index is -0.363. The fraction of sp³-hybridized carbons (Fsp3) is 0.500. The molecule has 0 heterocycles. The smallest absolute Gasteiger partial charge is 0.338 e. The van der Waals surface area contributed by atoms with E-state index in [0.29, 0.717) is 17.9 Å². The number of ether oxygens (including phenoxy) is 2. The second kappa shape index (κ2) is 11.2. The van der Waals surface area contributed by atoms with Crippen LogP contribution in [0.1, 0.15) is 56.8 Å². The number of esters is 1. The molecule has 0 saturated heterocycles. The van der Waals surface area contributed by atoms with Crippen molar-refractivity contribution in [2.24, 2.45) is 5.10 Å². The van der Waals surface area contributed by atoms with Gasteiger partial charge >= 0.3 is 5.97 Å². The maximum atomic E-state index is 11.7. The zero-order valence-electron chi connectivity index (χ0n) is 14.6. The number of hydrogen-bond donors (Lipinski definition) is 1. The number of carbonyl (C=O) groups is 2. The molecule has 0 bridgehead atoms. The average Bonchev–Trinajstić information content (AvgIpc) is 2.61. The number of carbonyl (C=O) groups excluding carboxylic acids is 2. The summed E-state index contributed by atoms with van der Waals surface area (Å²) < 4.78 is 10.4. The lowest BCUT2D eigenvalue weighted by Gasteiger charge is -2.07. The largest absolute Gasteiger partial charge is 0.484 e. The van der Waals surface area contributed by atoms with Gasteiger partial charge in [-0.05, 0) is 50.5 Å². The minimum Gasteiger partial charge on any atom is -0.484 e. The number of unbranched alkanes of at least 4 members (excludes halogenated alkanes) is 1. The summed E-state index contributed by atoms with van der Waals surface area (Å²) in [5.41, 5.74) is 3.81. The fourth-order valence-corrected chi connectivity index (χ4v) is 1.79. The third-order valence-corrected chi connectivity index (χ3v) is 3.16. The highest BCUT2D eigenvalue weighted by Gasteiger charge is 2.07. The van der Waals surface area contributed by atoms with Gasteiger partial charge in [0.25, 0.3) is 5.91 Å². The average molecular weight is 334 g/mol. The molecule has 0 aliphatic carbocycles. The Kier molecular flexibility index (Phi) is 9.19. The van der Waals surface area contributed by atoms with E-state index >= 15 is 0 Å². The zero-order valence-corrected chi connectivity index (χ0v) is 14.6. The summed E-state index contributed by atoms with van der Waals surface area (Å²) in [6, 6.07) is 6.48. The summed E-state index contributed by atoms with van der Waals surface area (Å²) in [5.74, 6) is -0.181. The number of amides is 1. The molecule has 1 aromatic rings. The van der Waals surface area contributed by atoms with E-state index in [1.54, 1.807) is 24.3 Å². The van der Waals surface area contributed by atoms with Crippen LogP contribution in [0.4, 0.5) is 0 Å². The van der Waals surface area contributed by atoms with E-state index in [1.165, 1.54) is 0 Å². The molecule has 132 valence electrons. The van der Waals surface area contributed by atoms with E-state index in [4.69, 9.17) is 9.47 Å². The first kappa shape index (κ1) is 19.7. The maximum Gasteiger partial charge on any atom is 0.338 e. The molecular weight excluding hydrogens is 308 g/mol. The topological polar surface area (TPSA) is 77.0 Å². The molecule has 0 saturated carbocycles. The molecule has 1 N–H and O–H groups in total. The third kappa shape index (κ3) is 7.76. The van der Waals surface area contributed by atoms with E-state index in [2.05, 4.69) is 17.5 Å². The van der Waals surface area contributed by atoms with Gasteiger partial charge in [0.15, 0.2) is 6.61 Å². The normalized spacial score (nSPS) is 11.0. The Bertz CT molecular complexity index is 553. The number of hydrogen-bond acceptors (Lipinski definition) is 5.